The van der Waals surface area contributed by atoms with Crippen LogP contribution < -0.4 is 15.6 Å². The molecule has 33 heavy (non-hydrogen) atoms. The first-order valence-electron chi connectivity index (χ1n) is 11.6. The SMILES string of the molecule is CC(C)(C)OOC(C)(C)C.c1ccc([SiH](c2ccccc2)c2cccc3ccccc23)cc1. The van der Waals surface area contributed by atoms with Crippen LogP contribution in [0.3, 0.4) is 0 Å². The molecule has 172 valence electrons. The number of hydrogen-bond acceptors (Lipinski definition) is 2. The number of rotatable bonds is 4. The van der Waals surface area contributed by atoms with Gasteiger partial charge in [0, 0.05) is 0 Å². The summed E-state index contributed by atoms with van der Waals surface area (Å²) in [5, 5.41) is 7.15. The highest BCUT2D eigenvalue weighted by molar-refractivity contribution is 6.96. The summed E-state index contributed by atoms with van der Waals surface area (Å²) >= 11 is 0. The summed E-state index contributed by atoms with van der Waals surface area (Å²) in [5.41, 5.74) is -0.430. The molecule has 0 radical (unpaired) electrons. The Hall–Kier alpha value is -2.72. The van der Waals surface area contributed by atoms with E-state index in [1.54, 1.807) is 0 Å². The third kappa shape index (κ3) is 7.67. The van der Waals surface area contributed by atoms with Gasteiger partial charge >= 0.3 is 0 Å². The Morgan fingerprint density at radius 3 is 1.39 bits per heavy atom. The summed E-state index contributed by atoms with van der Waals surface area (Å²) in [4.78, 5) is 10.2. The molecule has 0 spiro atoms. The largest absolute Gasteiger partial charge is 0.230 e. The zero-order valence-corrected chi connectivity index (χ0v) is 21.9. The topological polar surface area (TPSA) is 18.5 Å². The van der Waals surface area contributed by atoms with E-state index in [1.807, 2.05) is 41.5 Å². The van der Waals surface area contributed by atoms with Crippen molar-refractivity contribution < 1.29 is 9.78 Å². The molecular formula is C30H36O2Si. The molecule has 0 aromatic heterocycles. The van der Waals surface area contributed by atoms with Gasteiger partial charge in [-0.2, -0.15) is 0 Å². The first-order chi connectivity index (χ1) is 15.6. The molecule has 0 bridgehead atoms. The van der Waals surface area contributed by atoms with Crippen molar-refractivity contribution in [2.24, 2.45) is 0 Å². The third-order valence-electron chi connectivity index (χ3n) is 4.94. The molecule has 0 unspecified atom stereocenters. The lowest BCUT2D eigenvalue weighted by Crippen LogP contribution is -2.52. The molecule has 0 amide bonds. The molecule has 2 nitrogen and oxygen atoms in total. The molecule has 0 fully saturated rings. The van der Waals surface area contributed by atoms with Crippen LogP contribution in [0, 0.1) is 0 Å². The van der Waals surface area contributed by atoms with Gasteiger partial charge < -0.3 is 0 Å². The first kappa shape index (κ1) is 24.9. The average molecular weight is 457 g/mol. The van der Waals surface area contributed by atoms with Gasteiger partial charge in [0.2, 0.25) is 0 Å². The Morgan fingerprint density at radius 1 is 0.485 bits per heavy atom. The normalized spacial score (nSPS) is 11.8. The van der Waals surface area contributed by atoms with Gasteiger partial charge in [-0.25, -0.2) is 9.78 Å². The third-order valence-corrected chi connectivity index (χ3v) is 8.17. The molecule has 4 rings (SSSR count). The van der Waals surface area contributed by atoms with Crippen LogP contribution in [0.1, 0.15) is 41.5 Å². The number of hydrogen-bond donors (Lipinski definition) is 0. The Balaban J connectivity index is 0.000000262. The molecule has 4 aromatic rings. The molecule has 4 aromatic carbocycles. The number of benzene rings is 4. The number of fused-ring (bicyclic) bond motifs is 1. The molecule has 3 heteroatoms. The highest BCUT2D eigenvalue weighted by Gasteiger charge is 2.20. The second kappa shape index (κ2) is 10.9. The second-order valence-corrected chi connectivity index (χ2v) is 13.0. The molecular weight excluding hydrogens is 420 g/mol. The van der Waals surface area contributed by atoms with Crippen molar-refractivity contribution in [2.75, 3.05) is 0 Å². The highest BCUT2D eigenvalue weighted by Crippen LogP contribution is 2.15. The predicted molar refractivity (Wildman–Crippen MR) is 145 cm³/mol. The van der Waals surface area contributed by atoms with E-state index in [0.29, 0.717) is 0 Å². The molecule has 0 atom stereocenters. The molecule has 0 N–H and O–H groups in total. The maximum Gasteiger partial charge on any atom is 0.133 e. The fraction of sp³-hybridized carbons (Fsp3) is 0.267. The molecule has 0 aliphatic carbocycles. The van der Waals surface area contributed by atoms with Crippen molar-refractivity contribution in [3.8, 4) is 0 Å². The van der Waals surface area contributed by atoms with Gasteiger partial charge in [0.25, 0.3) is 0 Å². The molecule has 0 saturated carbocycles. The maximum absolute atomic E-state index is 5.09. The predicted octanol–water partition coefficient (Wildman–Crippen LogP) is 5.62. The molecule has 0 aliphatic rings. The van der Waals surface area contributed by atoms with Gasteiger partial charge in [0.15, 0.2) is 0 Å². The van der Waals surface area contributed by atoms with Gasteiger partial charge in [-0.15, -0.1) is 0 Å². The van der Waals surface area contributed by atoms with Crippen LogP contribution in [0.5, 0.6) is 0 Å². The van der Waals surface area contributed by atoms with E-state index < -0.39 is 8.80 Å². The lowest BCUT2D eigenvalue weighted by molar-refractivity contribution is -0.393. The Morgan fingerprint density at radius 2 is 0.909 bits per heavy atom. The van der Waals surface area contributed by atoms with Crippen molar-refractivity contribution in [1.82, 2.24) is 0 Å². The van der Waals surface area contributed by atoms with Crippen LogP contribution in [-0.2, 0) is 9.78 Å². The maximum atomic E-state index is 5.09. The Bertz CT molecular complexity index is 1070. The van der Waals surface area contributed by atoms with Crippen molar-refractivity contribution in [2.45, 2.75) is 52.7 Å². The minimum atomic E-state index is -1.46. The Kier molecular flexibility index (Phi) is 8.25. The zero-order valence-electron chi connectivity index (χ0n) is 20.7. The van der Waals surface area contributed by atoms with Gasteiger partial charge in [0.1, 0.15) is 8.80 Å². The molecule has 0 aliphatic heterocycles. The van der Waals surface area contributed by atoms with Crippen LogP contribution >= 0.6 is 0 Å². The van der Waals surface area contributed by atoms with E-state index in [0.717, 1.165) is 0 Å². The summed E-state index contributed by atoms with van der Waals surface area (Å²) in [6.07, 6.45) is 0. The lowest BCUT2D eigenvalue weighted by Gasteiger charge is -2.24. The van der Waals surface area contributed by atoms with Crippen LogP contribution in [0.15, 0.2) is 103 Å². The van der Waals surface area contributed by atoms with Crippen LogP contribution in [0.2, 0.25) is 0 Å². The second-order valence-electron chi connectivity index (χ2n) is 10.2. The smallest absolute Gasteiger partial charge is 0.133 e. The summed E-state index contributed by atoms with van der Waals surface area (Å²) in [6.45, 7) is 11.7. The van der Waals surface area contributed by atoms with Crippen LogP contribution in [-0.4, -0.2) is 20.0 Å². The monoisotopic (exact) mass is 456 g/mol. The fourth-order valence-corrected chi connectivity index (χ4v) is 6.79. The van der Waals surface area contributed by atoms with Crippen molar-refractivity contribution in [3.63, 3.8) is 0 Å². The van der Waals surface area contributed by atoms with Gasteiger partial charge in [-0.1, -0.05) is 114 Å². The molecule has 0 saturated heterocycles. The Labute approximate surface area is 200 Å². The van der Waals surface area contributed by atoms with E-state index in [9.17, 15) is 0 Å². The minimum Gasteiger partial charge on any atom is -0.230 e. The molecule has 0 heterocycles. The quantitative estimate of drug-likeness (QED) is 0.172. The zero-order chi connectivity index (χ0) is 23.9. The summed E-state index contributed by atoms with van der Waals surface area (Å²) in [5.74, 6) is 0. The van der Waals surface area contributed by atoms with Gasteiger partial charge in [-0.3, -0.25) is 0 Å². The summed E-state index contributed by atoms with van der Waals surface area (Å²) in [7, 11) is -1.46. The van der Waals surface area contributed by atoms with Crippen LogP contribution in [0.4, 0.5) is 0 Å². The van der Waals surface area contributed by atoms with Crippen molar-refractivity contribution in [1.29, 1.82) is 0 Å². The van der Waals surface area contributed by atoms with E-state index in [2.05, 4.69) is 103 Å². The lowest BCUT2D eigenvalue weighted by atomic mass is 10.1. The van der Waals surface area contributed by atoms with E-state index in [1.165, 1.54) is 26.3 Å². The van der Waals surface area contributed by atoms with Crippen molar-refractivity contribution in [3.05, 3.63) is 103 Å². The first-order valence-corrected chi connectivity index (χ1v) is 13.3. The average Bonchev–Trinajstić information content (AvgIpc) is 2.79. The van der Waals surface area contributed by atoms with E-state index in [-0.39, 0.29) is 11.2 Å². The summed E-state index contributed by atoms with van der Waals surface area (Å²) < 4.78 is 0. The fourth-order valence-electron chi connectivity index (χ4n) is 3.59. The van der Waals surface area contributed by atoms with E-state index >= 15 is 0 Å². The highest BCUT2D eigenvalue weighted by atomic mass is 28.3. The van der Waals surface area contributed by atoms with E-state index in [4.69, 9.17) is 9.78 Å². The minimum absolute atomic E-state index is 0.215. The van der Waals surface area contributed by atoms with Gasteiger partial charge in [-0.05, 0) is 57.5 Å². The van der Waals surface area contributed by atoms with Crippen molar-refractivity contribution >= 4 is 35.1 Å². The van der Waals surface area contributed by atoms with Crippen LogP contribution in [0.25, 0.3) is 10.8 Å². The van der Waals surface area contributed by atoms with Gasteiger partial charge in [0.05, 0.1) is 11.2 Å². The summed E-state index contributed by atoms with van der Waals surface area (Å²) in [6, 6.07) is 37.4. The standard InChI is InChI=1S/C22H18Si.C8H18O2/c1-3-12-19(13-4-1)23(20-14-5-2-6-15-20)22-17-9-11-18-10-7-8-16-21(18)22;1-7(2,3)9-10-8(4,5)6/h1-17,23H;1-6H3.